The molecule has 1 aromatic heterocycles. The number of hydrogen-bond donors (Lipinski definition) is 1. The molecule has 0 bridgehead atoms. The highest BCUT2D eigenvalue weighted by Crippen LogP contribution is 2.36. The number of carbonyl (C=O) groups is 2. The first-order chi connectivity index (χ1) is 13.4. The molecule has 2 aromatic carbocycles. The lowest BCUT2D eigenvalue weighted by Crippen LogP contribution is -2.33. The second-order valence-corrected chi connectivity index (χ2v) is 8.00. The number of amides is 2. The number of nitrogens with one attached hydrogen (secondary N) is 1. The number of fused-ring (bicyclic) bond motifs is 1. The highest BCUT2D eigenvalue weighted by Gasteiger charge is 2.29. The van der Waals surface area contributed by atoms with Crippen LogP contribution < -0.4 is 10.2 Å². The summed E-state index contributed by atoms with van der Waals surface area (Å²) in [6.07, 6.45) is 0.837. The van der Waals surface area contributed by atoms with Gasteiger partial charge >= 0.3 is 0 Å². The molecule has 2 heterocycles. The van der Waals surface area contributed by atoms with Gasteiger partial charge in [-0.15, -0.1) is 11.3 Å². The number of aryl methyl sites for hydroxylation is 1. The number of anilines is 2. The van der Waals surface area contributed by atoms with Crippen LogP contribution in [-0.2, 0) is 11.2 Å². The van der Waals surface area contributed by atoms with E-state index in [1.54, 1.807) is 6.92 Å². The minimum atomic E-state index is -0.166. The van der Waals surface area contributed by atoms with Gasteiger partial charge < -0.3 is 4.90 Å². The predicted molar refractivity (Wildman–Crippen MR) is 113 cm³/mol. The summed E-state index contributed by atoms with van der Waals surface area (Å²) >= 11 is 1.40. The standard InChI is InChI=1S/C22H21N3O2S/c1-13-4-6-16(7-5-13)21(27)24-22-23-19(12-28-22)17-8-9-20-18(11-17)10-14(2)25(20)15(3)26/h4-9,11-12,14H,10H2,1-3H3,(H,23,24,27)/t14-/m0/s1. The van der Waals surface area contributed by atoms with Gasteiger partial charge in [0.05, 0.1) is 5.69 Å². The molecule has 1 N–H and O–H groups in total. The molecule has 2 amide bonds. The quantitative estimate of drug-likeness (QED) is 0.706. The number of nitrogens with zero attached hydrogens (tertiary/aromatic N) is 2. The van der Waals surface area contributed by atoms with Crippen LogP contribution in [0.1, 0.15) is 35.3 Å². The van der Waals surface area contributed by atoms with E-state index in [2.05, 4.69) is 23.3 Å². The van der Waals surface area contributed by atoms with Gasteiger partial charge in [-0.3, -0.25) is 14.9 Å². The van der Waals surface area contributed by atoms with Gasteiger partial charge in [-0.05, 0) is 50.1 Å². The Morgan fingerprint density at radius 2 is 1.93 bits per heavy atom. The Morgan fingerprint density at radius 3 is 2.64 bits per heavy atom. The van der Waals surface area contributed by atoms with Gasteiger partial charge in [-0.1, -0.05) is 23.8 Å². The molecule has 0 fully saturated rings. The number of rotatable bonds is 3. The van der Waals surface area contributed by atoms with E-state index in [0.29, 0.717) is 10.7 Å². The third-order valence-electron chi connectivity index (χ3n) is 4.97. The zero-order valence-corrected chi connectivity index (χ0v) is 16.8. The van der Waals surface area contributed by atoms with Gasteiger partial charge in [0.2, 0.25) is 5.91 Å². The summed E-state index contributed by atoms with van der Waals surface area (Å²) in [5.74, 6) is -0.102. The molecular weight excluding hydrogens is 370 g/mol. The normalized spacial score (nSPS) is 15.4. The monoisotopic (exact) mass is 391 g/mol. The van der Waals surface area contributed by atoms with Crippen LogP contribution in [0.3, 0.4) is 0 Å². The molecule has 1 aliphatic heterocycles. The first kappa shape index (κ1) is 18.4. The first-order valence-electron chi connectivity index (χ1n) is 9.19. The Labute approximate surface area is 168 Å². The lowest BCUT2D eigenvalue weighted by Gasteiger charge is -2.20. The maximum absolute atomic E-state index is 12.4. The van der Waals surface area contributed by atoms with Crippen molar-refractivity contribution in [1.82, 2.24) is 4.98 Å². The van der Waals surface area contributed by atoms with E-state index in [4.69, 9.17) is 0 Å². The van der Waals surface area contributed by atoms with Crippen molar-refractivity contribution in [2.24, 2.45) is 0 Å². The van der Waals surface area contributed by atoms with Gasteiger partial charge in [-0.25, -0.2) is 4.98 Å². The van der Waals surface area contributed by atoms with Crippen LogP contribution in [0.5, 0.6) is 0 Å². The average molecular weight is 391 g/mol. The molecule has 4 rings (SSSR count). The Kier molecular flexibility index (Phi) is 4.73. The van der Waals surface area contributed by atoms with E-state index < -0.39 is 0 Å². The van der Waals surface area contributed by atoms with Crippen molar-refractivity contribution in [2.45, 2.75) is 33.2 Å². The summed E-state index contributed by atoms with van der Waals surface area (Å²) < 4.78 is 0. The Balaban J connectivity index is 1.54. The molecule has 142 valence electrons. The minimum Gasteiger partial charge on any atom is -0.309 e. The van der Waals surface area contributed by atoms with Gasteiger partial charge in [0.15, 0.2) is 5.13 Å². The number of thiazole rings is 1. The largest absolute Gasteiger partial charge is 0.309 e. The fourth-order valence-electron chi connectivity index (χ4n) is 3.61. The fraction of sp³-hybridized carbons (Fsp3) is 0.227. The Bertz CT molecular complexity index is 1060. The van der Waals surface area contributed by atoms with Crippen LogP contribution in [0.25, 0.3) is 11.3 Å². The van der Waals surface area contributed by atoms with Gasteiger partial charge in [-0.2, -0.15) is 0 Å². The lowest BCUT2D eigenvalue weighted by molar-refractivity contribution is -0.116. The Hall–Kier alpha value is -2.99. The Morgan fingerprint density at radius 1 is 1.18 bits per heavy atom. The van der Waals surface area contributed by atoms with Crippen LogP contribution in [0.15, 0.2) is 47.8 Å². The van der Waals surface area contributed by atoms with Crippen molar-refractivity contribution in [1.29, 1.82) is 0 Å². The molecule has 0 aliphatic carbocycles. The topological polar surface area (TPSA) is 62.3 Å². The summed E-state index contributed by atoms with van der Waals surface area (Å²) in [5.41, 5.74) is 5.66. The lowest BCUT2D eigenvalue weighted by atomic mass is 10.1. The van der Waals surface area contributed by atoms with Crippen molar-refractivity contribution in [2.75, 3.05) is 10.2 Å². The number of aromatic nitrogens is 1. The zero-order valence-electron chi connectivity index (χ0n) is 16.0. The third kappa shape index (κ3) is 3.43. The fourth-order valence-corrected chi connectivity index (χ4v) is 4.32. The molecule has 28 heavy (non-hydrogen) atoms. The van der Waals surface area contributed by atoms with Crippen LogP contribution in [-0.4, -0.2) is 22.8 Å². The van der Waals surface area contributed by atoms with Crippen molar-refractivity contribution in [3.63, 3.8) is 0 Å². The first-order valence-corrected chi connectivity index (χ1v) is 10.1. The summed E-state index contributed by atoms with van der Waals surface area (Å²) in [7, 11) is 0. The molecule has 1 aliphatic rings. The van der Waals surface area contributed by atoms with Crippen LogP contribution in [0.2, 0.25) is 0 Å². The van der Waals surface area contributed by atoms with E-state index in [-0.39, 0.29) is 17.9 Å². The highest BCUT2D eigenvalue weighted by molar-refractivity contribution is 7.14. The molecule has 1 atom stereocenters. The third-order valence-corrected chi connectivity index (χ3v) is 5.73. The second kappa shape index (κ2) is 7.20. The van der Waals surface area contributed by atoms with E-state index in [9.17, 15) is 9.59 Å². The molecule has 3 aromatic rings. The SMILES string of the molecule is CC(=O)N1c2ccc(-c3csc(NC(=O)c4ccc(C)cc4)n3)cc2C[C@@H]1C. The number of benzene rings is 2. The molecule has 0 saturated carbocycles. The minimum absolute atomic E-state index is 0.0637. The number of hydrogen-bond acceptors (Lipinski definition) is 4. The highest BCUT2D eigenvalue weighted by atomic mass is 32.1. The second-order valence-electron chi connectivity index (χ2n) is 7.14. The van der Waals surface area contributed by atoms with Gasteiger partial charge in [0.1, 0.15) is 0 Å². The molecule has 5 nitrogen and oxygen atoms in total. The van der Waals surface area contributed by atoms with Crippen LogP contribution in [0, 0.1) is 6.92 Å². The van der Waals surface area contributed by atoms with E-state index in [1.807, 2.05) is 53.6 Å². The molecular formula is C22H21N3O2S. The predicted octanol–water partition coefficient (Wildman–Crippen LogP) is 4.67. The summed E-state index contributed by atoms with van der Waals surface area (Å²) in [6, 6.07) is 13.7. The zero-order chi connectivity index (χ0) is 19.8. The van der Waals surface area contributed by atoms with E-state index in [0.717, 1.165) is 34.5 Å². The van der Waals surface area contributed by atoms with Crippen molar-refractivity contribution in [3.8, 4) is 11.3 Å². The van der Waals surface area contributed by atoms with E-state index in [1.165, 1.54) is 11.3 Å². The van der Waals surface area contributed by atoms with Gasteiger partial charge in [0, 0.05) is 35.2 Å². The van der Waals surface area contributed by atoms with Crippen molar-refractivity contribution < 1.29 is 9.59 Å². The average Bonchev–Trinajstić information content (AvgIpc) is 3.24. The summed E-state index contributed by atoms with van der Waals surface area (Å²) in [6.45, 7) is 5.65. The molecule has 0 saturated heterocycles. The maximum atomic E-state index is 12.4. The van der Waals surface area contributed by atoms with Crippen molar-refractivity contribution >= 4 is 34.0 Å². The summed E-state index contributed by atoms with van der Waals surface area (Å²) in [4.78, 5) is 30.7. The molecule has 0 unspecified atom stereocenters. The van der Waals surface area contributed by atoms with Gasteiger partial charge in [0.25, 0.3) is 5.91 Å². The van der Waals surface area contributed by atoms with E-state index >= 15 is 0 Å². The maximum Gasteiger partial charge on any atom is 0.257 e. The smallest absolute Gasteiger partial charge is 0.257 e. The molecule has 0 spiro atoms. The van der Waals surface area contributed by atoms with Crippen LogP contribution >= 0.6 is 11.3 Å². The summed E-state index contributed by atoms with van der Waals surface area (Å²) in [5, 5.41) is 5.37. The number of carbonyl (C=O) groups excluding carboxylic acids is 2. The van der Waals surface area contributed by atoms with Crippen molar-refractivity contribution in [3.05, 3.63) is 64.5 Å². The molecule has 6 heteroatoms. The van der Waals surface area contributed by atoms with Crippen LogP contribution in [0.4, 0.5) is 10.8 Å². The molecule has 0 radical (unpaired) electrons.